The van der Waals surface area contributed by atoms with Crippen molar-refractivity contribution in [1.82, 2.24) is 9.47 Å². The molecule has 0 bridgehead atoms. The number of benzene rings is 3. The molecule has 2 aliphatic rings. The van der Waals surface area contributed by atoms with E-state index in [0.717, 1.165) is 32.6 Å². The van der Waals surface area contributed by atoms with Gasteiger partial charge in [0.15, 0.2) is 5.88 Å². The molecule has 14 nitrogen and oxygen atoms in total. The topological polar surface area (TPSA) is 192 Å². The first-order chi connectivity index (χ1) is 24.1. The molecule has 3 aromatic carbocycles. The number of nitrogens with zero attached hydrogens (tertiary/aromatic N) is 3. The number of hydrogen-bond donors (Lipinski definition) is 3. The maximum atomic E-state index is 13.9. The molecule has 51 heavy (non-hydrogen) atoms. The summed E-state index contributed by atoms with van der Waals surface area (Å²) in [6, 6.07) is 22.8. The number of thiazole rings is 1. The van der Waals surface area contributed by atoms with Gasteiger partial charge in [0, 0.05) is 16.3 Å². The van der Waals surface area contributed by atoms with Crippen molar-refractivity contribution in [3.63, 3.8) is 0 Å². The summed E-state index contributed by atoms with van der Waals surface area (Å²) in [6.07, 6.45) is 2.80. The van der Waals surface area contributed by atoms with Crippen molar-refractivity contribution in [2.75, 3.05) is 26.1 Å². The second-order valence-corrected chi connectivity index (χ2v) is 19.3. The third kappa shape index (κ3) is 8.75. The SMILES string of the molecule is O=C1/C(=c2/s/c(=C\C=C3\Sc4ccccc4N3CS(=O)(=O)O)c(=O)n2CS(=O)(=O)Nc2ccccc2)SC(=S)N1CS(=O)(=O)Nc1ccccc1. The second kappa shape index (κ2) is 14.6. The van der Waals surface area contributed by atoms with Crippen LogP contribution >= 0.6 is 47.1 Å². The number of para-hydroxylation sites is 3. The number of allylic oxidation sites excluding steroid dienone is 1. The van der Waals surface area contributed by atoms with Crippen LogP contribution in [0.3, 0.4) is 0 Å². The van der Waals surface area contributed by atoms with Gasteiger partial charge < -0.3 is 4.90 Å². The Labute approximate surface area is 310 Å². The summed E-state index contributed by atoms with van der Waals surface area (Å²) < 4.78 is 91.4. The molecule has 1 saturated heterocycles. The zero-order chi connectivity index (χ0) is 36.6. The maximum absolute atomic E-state index is 13.9. The molecule has 3 N–H and O–H groups in total. The molecule has 2 aliphatic heterocycles. The van der Waals surface area contributed by atoms with E-state index in [4.69, 9.17) is 12.2 Å². The fraction of sp³-hybridized carbons (Fsp3) is 0.100. The molecule has 3 heterocycles. The molecular weight excluding hydrogens is 799 g/mol. The van der Waals surface area contributed by atoms with Crippen LogP contribution in [0.2, 0.25) is 0 Å². The van der Waals surface area contributed by atoms with Crippen LogP contribution in [-0.4, -0.2) is 61.3 Å². The van der Waals surface area contributed by atoms with Crippen LogP contribution in [0, 0.1) is 0 Å². The van der Waals surface area contributed by atoms with Gasteiger partial charge in [-0.1, -0.05) is 84.3 Å². The zero-order valence-corrected chi connectivity index (χ0v) is 31.5. The Kier molecular flexibility index (Phi) is 10.5. The van der Waals surface area contributed by atoms with Gasteiger partial charge in [0.2, 0.25) is 0 Å². The number of aromatic nitrogens is 1. The van der Waals surface area contributed by atoms with Gasteiger partial charge in [0.05, 0.1) is 15.2 Å². The lowest BCUT2D eigenvalue weighted by Gasteiger charge is -2.17. The number of amides is 1. The Balaban J connectivity index is 1.43. The highest BCUT2D eigenvalue weighted by atomic mass is 32.2. The summed E-state index contributed by atoms with van der Waals surface area (Å²) in [5.41, 5.74) is 0.216. The number of nitrogens with one attached hydrogen (secondary N) is 2. The molecule has 0 aliphatic carbocycles. The number of rotatable bonds is 11. The van der Waals surface area contributed by atoms with Crippen molar-refractivity contribution in [1.29, 1.82) is 0 Å². The molecule has 1 amide bonds. The van der Waals surface area contributed by atoms with Crippen LogP contribution in [0.4, 0.5) is 17.1 Å². The smallest absolute Gasteiger partial charge is 0.283 e. The largest absolute Gasteiger partial charge is 0.317 e. The monoisotopic (exact) mass is 823 g/mol. The van der Waals surface area contributed by atoms with Gasteiger partial charge in [-0.3, -0.25) is 33.1 Å². The number of carbonyl (C=O) groups is 1. The lowest BCUT2D eigenvalue weighted by molar-refractivity contribution is -0.120. The lowest BCUT2D eigenvalue weighted by atomic mass is 10.3. The summed E-state index contributed by atoms with van der Waals surface area (Å²) in [7, 11) is -12.9. The van der Waals surface area contributed by atoms with Crippen molar-refractivity contribution in [3.05, 3.63) is 116 Å². The first kappa shape index (κ1) is 36.8. The standard InChI is InChI=1S/C30H25N5O9S7/c36-27-24(15-16-25-33(19-51(42,43)44)22-13-7-8-14-23(22)46-25)47-29(34(27)17-49(38,39)31-20-9-3-1-4-10-20)26-28(37)35(30(45)48-26)18-50(40,41)32-21-11-5-2-6-12-21/h1-16,31-32H,17-19H2,(H,42,43,44)/b24-15-,25-16+,29-26-. The second-order valence-electron chi connectivity index (χ2n) is 10.7. The molecule has 0 saturated carbocycles. The fourth-order valence-electron chi connectivity index (χ4n) is 4.85. The van der Waals surface area contributed by atoms with E-state index >= 15 is 0 Å². The van der Waals surface area contributed by atoms with Gasteiger partial charge in [0.1, 0.15) is 25.6 Å². The third-order valence-electron chi connectivity index (χ3n) is 6.95. The minimum absolute atomic E-state index is 0.0283. The molecular formula is C30H25N5O9S7. The van der Waals surface area contributed by atoms with Crippen molar-refractivity contribution >= 4 is 116 Å². The lowest BCUT2D eigenvalue weighted by Crippen LogP contribution is -2.38. The van der Waals surface area contributed by atoms with Crippen molar-refractivity contribution in [2.45, 2.75) is 10.8 Å². The van der Waals surface area contributed by atoms with E-state index in [2.05, 4.69) is 9.44 Å². The molecule has 0 atom stereocenters. The molecule has 1 fully saturated rings. The Morgan fingerprint density at radius 1 is 0.706 bits per heavy atom. The quantitative estimate of drug-likeness (QED) is 0.148. The van der Waals surface area contributed by atoms with E-state index < -0.39 is 59.3 Å². The Morgan fingerprint density at radius 3 is 1.88 bits per heavy atom. The number of anilines is 3. The summed E-state index contributed by atoms with van der Waals surface area (Å²) in [5, 5.41) is 0.343. The molecule has 21 heteroatoms. The third-order valence-corrected chi connectivity index (χ3v) is 13.7. The minimum Gasteiger partial charge on any atom is -0.317 e. The van der Waals surface area contributed by atoms with Gasteiger partial charge in [-0.15, -0.1) is 11.3 Å². The highest BCUT2D eigenvalue weighted by Crippen LogP contribution is 2.45. The maximum Gasteiger partial charge on any atom is 0.283 e. The normalized spacial score (nSPS) is 17.4. The van der Waals surface area contributed by atoms with Gasteiger partial charge in [0.25, 0.3) is 41.6 Å². The van der Waals surface area contributed by atoms with E-state index in [9.17, 15) is 39.4 Å². The van der Waals surface area contributed by atoms with Gasteiger partial charge in [-0.2, -0.15) is 8.42 Å². The van der Waals surface area contributed by atoms with E-state index in [1.807, 2.05) is 0 Å². The first-order valence-electron chi connectivity index (χ1n) is 14.4. The van der Waals surface area contributed by atoms with Crippen LogP contribution in [0.1, 0.15) is 0 Å². The average molecular weight is 824 g/mol. The predicted molar refractivity (Wildman–Crippen MR) is 205 cm³/mol. The van der Waals surface area contributed by atoms with Crippen molar-refractivity contribution in [3.8, 4) is 0 Å². The number of hydrogen-bond acceptors (Lipinski definition) is 13. The summed E-state index contributed by atoms with van der Waals surface area (Å²) in [5.74, 6) is -3.37. The minimum atomic E-state index is -4.47. The van der Waals surface area contributed by atoms with E-state index in [-0.39, 0.29) is 29.8 Å². The Bertz CT molecular complexity index is 2590. The molecule has 1 aromatic heterocycles. The van der Waals surface area contributed by atoms with Crippen LogP contribution < -0.4 is 29.1 Å². The molecule has 4 aromatic rings. The number of sulfonamides is 2. The first-order valence-corrected chi connectivity index (χ1v) is 22.2. The van der Waals surface area contributed by atoms with Crippen LogP contribution in [0.5, 0.6) is 0 Å². The van der Waals surface area contributed by atoms with Crippen LogP contribution in [0.25, 0.3) is 11.0 Å². The molecule has 266 valence electrons. The van der Waals surface area contributed by atoms with E-state index in [0.29, 0.717) is 15.6 Å². The van der Waals surface area contributed by atoms with E-state index in [1.165, 1.54) is 53.1 Å². The van der Waals surface area contributed by atoms with E-state index in [1.54, 1.807) is 60.7 Å². The summed E-state index contributed by atoms with van der Waals surface area (Å²) >= 11 is 8.05. The highest BCUT2D eigenvalue weighted by Gasteiger charge is 2.37. The average Bonchev–Trinajstić information content (AvgIpc) is 3.65. The Morgan fingerprint density at radius 2 is 1.27 bits per heavy atom. The van der Waals surface area contributed by atoms with Crippen molar-refractivity contribution in [2.24, 2.45) is 0 Å². The van der Waals surface area contributed by atoms with Crippen molar-refractivity contribution < 1.29 is 34.6 Å². The van der Waals surface area contributed by atoms with Crippen LogP contribution in [-0.2, 0) is 40.8 Å². The fourth-order valence-corrected chi connectivity index (χ4v) is 11.6. The summed E-state index contributed by atoms with van der Waals surface area (Å²) in [4.78, 5) is 30.4. The van der Waals surface area contributed by atoms with Gasteiger partial charge in [-0.25, -0.2) is 16.8 Å². The molecule has 0 spiro atoms. The van der Waals surface area contributed by atoms with Crippen LogP contribution in [0.15, 0.2) is 106 Å². The molecule has 6 rings (SSSR count). The number of fused-ring (bicyclic) bond motifs is 1. The number of carbonyl (C=O) groups excluding carboxylic acids is 1. The highest BCUT2D eigenvalue weighted by molar-refractivity contribution is 8.30. The Hall–Kier alpha value is -3.96. The number of thiocarbonyl (C=S) groups is 1. The number of thioether (sulfide) groups is 2. The molecule has 0 radical (unpaired) electrons. The van der Waals surface area contributed by atoms with Gasteiger partial charge >= 0.3 is 0 Å². The predicted octanol–water partition coefficient (Wildman–Crippen LogP) is 2.76. The summed E-state index contributed by atoms with van der Waals surface area (Å²) in [6.45, 7) is 0. The molecule has 0 unspecified atom stereocenters. The van der Waals surface area contributed by atoms with Gasteiger partial charge in [-0.05, 0) is 48.6 Å². The zero-order valence-electron chi connectivity index (χ0n) is 25.8.